The van der Waals surface area contributed by atoms with Crippen molar-refractivity contribution in [3.05, 3.63) is 23.8 Å². The molecule has 2 rings (SSSR count). The summed E-state index contributed by atoms with van der Waals surface area (Å²) in [5.41, 5.74) is -0.111. The van der Waals surface area contributed by atoms with Gasteiger partial charge in [-0.05, 0) is 38.5 Å². The van der Waals surface area contributed by atoms with Gasteiger partial charge in [0.2, 0.25) is 0 Å². The first kappa shape index (κ1) is 17.0. The number of aliphatic carboxylic acids is 1. The molecule has 23 heavy (non-hydrogen) atoms. The van der Waals surface area contributed by atoms with Gasteiger partial charge >= 0.3 is 5.97 Å². The van der Waals surface area contributed by atoms with Gasteiger partial charge in [0, 0.05) is 18.5 Å². The maximum absolute atomic E-state index is 12.6. The molecule has 6 heteroatoms. The second-order valence-corrected chi connectivity index (χ2v) is 6.07. The Morgan fingerprint density at radius 1 is 1.26 bits per heavy atom. The standard InChI is InChI=1S/C17H21NO5/c1-4-5-13(19)11-6-7-14-12(10-11)18(9-8-15(20)21)16(22)17(2,3)23-14/h6-7,10H,4-5,8-9H2,1-3H3,(H,20,21). The summed E-state index contributed by atoms with van der Waals surface area (Å²) in [4.78, 5) is 36.9. The summed E-state index contributed by atoms with van der Waals surface area (Å²) in [5, 5.41) is 8.90. The van der Waals surface area contributed by atoms with E-state index in [4.69, 9.17) is 9.84 Å². The predicted octanol–water partition coefficient (Wildman–Crippen LogP) is 2.65. The number of rotatable bonds is 6. The summed E-state index contributed by atoms with van der Waals surface area (Å²) in [6.07, 6.45) is 0.990. The van der Waals surface area contributed by atoms with E-state index in [0.29, 0.717) is 23.4 Å². The molecule has 0 fully saturated rings. The molecule has 0 aliphatic carbocycles. The number of carboxylic acid groups (broad SMARTS) is 1. The minimum atomic E-state index is -1.07. The highest BCUT2D eigenvalue weighted by atomic mass is 16.5. The zero-order chi connectivity index (χ0) is 17.2. The van der Waals surface area contributed by atoms with Crippen LogP contribution in [0.5, 0.6) is 5.75 Å². The molecular weight excluding hydrogens is 298 g/mol. The Morgan fingerprint density at radius 3 is 2.57 bits per heavy atom. The van der Waals surface area contributed by atoms with Crippen molar-refractivity contribution in [2.24, 2.45) is 0 Å². The summed E-state index contributed by atoms with van der Waals surface area (Å²) in [7, 11) is 0. The zero-order valence-electron chi connectivity index (χ0n) is 13.6. The van der Waals surface area contributed by atoms with Crippen molar-refractivity contribution >= 4 is 23.3 Å². The van der Waals surface area contributed by atoms with E-state index in [2.05, 4.69) is 0 Å². The first-order valence-electron chi connectivity index (χ1n) is 7.66. The summed E-state index contributed by atoms with van der Waals surface area (Å²) in [5.74, 6) is -0.827. The molecule has 1 aliphatic heterocycles. The van der Waals surface area contributed by atoms with Gasteiger partial charge in [-0.3, -0.25) is 14.4 Å². The average molecular weight is 319 g/mol. The van der Waals surface area contributed by atoms with E-state index < -0.39 is 11.6 Å². The first-order valence-corrected chi connectivity index (χ1v) is 7.66. The highest BCUT2D eigenvalue weighted by Crippen LogP contribution is 2.38. The lowest BCUT2D eigenvalue weighted by Gasteiger charge is -2.38. The summed E-state index contributed by atoms with van der Waals surface area (Å²) in [6.45, 7) is 5.24. The number of hydrogen-bond donors (Lipinski definition) is 1. The normalized spacial score (nSPS) is 15.8. The second kappa shape index (κ2) is 6.40. The third kappa shape index (κ3) is 3.52. The SMILES string of the molecule is CCCC(=O)c1ccc2c(c1)N(CCC(=O)O)C(=O)C(C)(C)O2. The van der Waals surface area contributed by atoms with Gasteiger partial charge in [0.15, 0.2) is 11.4 Å². The van der Waals surface area contributed by atoms with Crippen molar-refractivity contribution in [2.75, 3.05) is 11.4 Å². The minimum Gasteiger partial charge on any atom is -0.481 e. The molecular formula is C17H21NO5. The molecule has 0 saturated heterocycles. The second-order valence-electron chi connectivity index (χ2n) is 6.07. The van der Waals surface area contributed by atoms with E-state index in [1.807, 2.05) is 6.92 Å². The van der Waals surface area contributed by atoms with Crippen molar-refractivity contribution in [2.45, 2.75) is 45.6 Å². The van der Waals surface area contributed by atoms with E-state index >= 15 is 0 Å². The molecule has 0 radical (unpaired) electrons. The quantitative estimate of drug-likeness (QED) is 0.815. The van der Waals surface area contributed by atoms with Crippen LogP contribution < -0.4 is 9.64 Å². The molecule has 1 aromatic rings. The van der Waals surface area contributed by atoms with Crippen LogP contribution >= 0.6 is 0 Å². The van der Waals surface area contributed by atoms with Gasteiger partial charge in [-0.2, -0.15) is 0 Å². The van der Waals surface area contributed by atoms with Crippen molar-refractivity contribution < 1.29 is 24.2 Å². The van der Waals surface area contributed by atoms with Crippen LogP contribution in [0.1, 0.15) is 50.4 Å². The van der Waals surface area contributed by atoms with Gasteiger partial charge in [0.05, 0.1) is 12.1 Å². The van der Waals surface area contributed by atoms with Crippen molar-refractivity contribution in [1.82, 2.24) is 0 Å². The lowest BCUT2D eigenvalue weighted by atomic mass is 10.0. The van der Waals surface area contributed by atoms with E-state index in [-0.39, 0.29) is 24.7 Å². The predicted molar refractivity (Wildman–Crippen MR) is 85.0 cm³/mol. The number of Topliss-reactive ketones (excluding diaryl/α,β-unsaturated/α-hetero) is 1. The van der Waals surface area contributed by atoms with E-state index in [0.717, 1.165) is 6.42 Å². The third-order valence-electron chi connectivity index (χ3n) is 3.72. The highest BCUT2D eigenvalue weighted by molar-refractivity contribution is 6.04. The topological polar surface area (TPSA) is 83.9 Å². The number of hydrogen-bond acceptors (Lipinski definition) is 4. The van der Waals surface area contributed by atoms with E-state index in [9.17, 15) is 14.4 Å². The zero-order valence-corrected chi connectivity index (χ0v) is 13.6. The Labute approximate surface area is 135 Å². The highest BCUT2D eigenvalue weighted by Gasteiger charge is 2.41. The number of ether oxygens (including phenoxy) is 1. The maximum atomic E-state index is 12.6. The van der Waals surface area contributed by atoms with E-state index in [1.165, 1.54) is 4.90 Å². The molecule has 0 spiro atoms. The van der Waals surface area contributed by atoms with Gasteiger partial charge in [-0.1, -0.05) is 6.92 Å². The van der Waals surface area contributed by atoms with Crippen molar-refractivity contribution in [3.8, 4) is 5.75 Å². The number of ketones is 1. The van der Waals surface area contributed by atoms with E-state index in [1.54, 1.807) is 32.0 Å². The minimum absolute atomic E-state index is 0.00855. The lowest BCUT2D eigenvalue weighted by Crippen LogP contribution is -2.53. The number of carbonyl (C=O) groups excluding carboxylic acids is 2. The average Bonchev–Trinajstić information content (AvgIpc) is 2.47. The monoisotopic (exact) mass is 319 g/mol. The van der Waals surface area contributed by atoms with Gasteiger partial charge < -0.3 is 14.7 Å². The molecule has 6 nitrogen and oxygen atoms in total. The van der Waals surface area contributed by atoms with Gasteiger partial charge in [-0.15, -0.1) is 0 Å². The molecule has 1 amide bonds. The number of anilines is 1. The maximum Gasteiger partial charge on any atom is 0.305 e. The molecule has 0 atom stereocenters. The molecule has 0 saturated carbocycles. The Hall–Kier alpha value is -2.37. The molecule has 1 aromatic carbocycles. The van der Waals surface area contributed by atoms with Crippen LogP contribution in [-0.4, -0.2) is 34.9 Å². The van der Waals surface area contributed by atoms with Crippen LogP contribution in [0.4, 0.5) is 5.69 Å². The smallest absolute Gasteiger partial charge is 0.305 e. The number of fused-ring (bicyclic) bond motifs is 1. The number of amides is 1. The van der Waals surface area contributed by atoms with Crippen LogP contribution in [0.15, 0.2) is 18.2 Å². The fourth-order valence-electron chi connectivity index (χ4n) is 2.54. The Bertz CT molecular complexity index is 650. The Balaban J connectivity index is 2.42. The van der Waals surface area contributed by atoms with Crippen LogP contribution in [-0.2, 0) is 9.59 Å². The van der Waals surface area contributed by atoms with Crippen molar-refractivity contribution in [1.29, 1.82) is 0 Å². The Kier molecular flexibility index (Phi) is 4.73. The lowest BCUT2D eigenvalue weighted by molar-refractivity contribution is -0.137. The third-order valence-corrected chi connectivity index (χ3v) is 3.72. The van der Waals surface area contributed by atoms with Crippen LogP contribution in [0.3, 0.4) is 0 Å². The number of carbonyl (C=O) groups is 3. The summed E-state index contributed by atoms with van der Waals surface area (Å²) in [6, 6.07) is 4.96. The van der Waals surface area contributed by atoms with Gasteiger partial charge in [-0.25, -0.2) is 0 Å². The molecule has 0 unspecified atom stereocenters. The first-order chi connectivity index (χ1) is 10.8. The van der Waals surface area contributed by atoms with Crippen molar-refractivity contribution in [3.63, 3.8) is 0 Å². The molecule has 1 N–H and O–H groups in total. The molecule has 124 valence electrons. The molecule has 0 bridgehead atoms. The molecule has 1 heterocycles. The number of benzene rings is 1. The summed E-state index contributed by atoms with van der Waals surface area (Å²) >= 11 is 0. The number of nitrogens with zero attached hydrogens (tertiary/aromatic N) is 1. The largest absolute Gasteiger partial charge is 0.481 e. The Morgan fingerprint density at radius 2 is 1.96 bits per heavy atom. The van der Waals surface area contributed by atoms with Crippen LogP contribution in [0, 0.1) is 0 Å². The van der Waals surface area contributed by atoms with Gasteiger partial charge in [0.1, 0.15) is 5.75 Å². The molecule has 1 aliphatic rings. The van der Waals surface area contributed by atoms with Crippen LogP contribution in [0.25, 0.3) is 0 Å². The van der Waals surface area contributed by atoms with Gasteiger partial charge in [0.25, 0.3) is 5.91 Å². The fourth-order valence-corrected chi connectivity index (χ4v) is 2.54. The molecule has 0 aromatic heterocycles. The van der Waals surface area contributed by atoms with Crippen LogP contribution in [0.2, 0.25) is 0 Å². The fraction of sp³-hybridized carbons (Fsp3) is 0.471. The summed E-state index contributed by atoms with van der Waals surface area (Å²) < 4.78 is 5.71. The number of carboxylic acids is 1.